The highest BCUT2D eigenvalue weighted by atomic mass is 16.5. The zero-order valence-electron chi connectivity index (χ0n) is 13.7. The molecule has 1 aromatic rings. The standard InChI is InChI=1S/C17H29NO3/c1-5-11-20-16-6-8-17(9-7-16)21-12-10-18(14(2)3)13-15(4)19/h6-9,14-15,19H,5,10-13H2,1-4H3. The third kappa shape index (κ3) is 7.34. The summed E-state index contributed by atoms with van der Waals surface area (Å²) in [5, 5.41) is 9.49. The van der Waals surface area contributed by atoms with Crippen molar-refractivity contribution >= 4 is 0 Å². The molecular weight excluding hydrogens is 266 g/mol. The van der Waals surface area contributed by atoms with Gasteiger partial charge < -0.3 is 14.6 Å². The van der Waals surface area contributed by atoms with Crippen LogP contribution >= 0.6 is 0 Å². The summed E-state index contributed by atoms with van der Waals surface area (Å²) in [6.45, 7) is 11.0. The lowest BCUT2D eigenvalue weighted by Crippen LogP contribution is -2.39. The van der Waals surface area contributed by atoms with Gasteiger partial charge in [-0.15, -0.1) is 0 Å². The van der Waals surface area contributed by atoms with Crippen molar-refractivity contribution in [3.05, 3.63) is 24.3 Å². The van der Waals surface area contributed by atoms with E-state index in [-0.39, 0.29) is 6.10 Å². The number of rotatable bonds is 10. The minimum atomic E-state index is -0.317. The lowest BCUT2D eigenvalue weighted by molar-refractivity contribution is 0.0955. The number of hydrogen-bond acceptors (Lipinski definition) is 4. The van der Waals surface area contributed by atoms with Gasteiger partial charge in [0, 0.05) is 19.1 Å². The fourth-order valence-corrected chi connectivity index (χ4v) is 2.03. The Labute approximate surface area is 128 Å². The predicted octanol–water partition coefficient (Wildman–Crippen LogP) is 2.95. The molecule has 1 unspecified atom stereocenters. The first kappa shape index (κ1) is 17.8. The number of ether oxygens (including phenoxy) is 2. The monoisotopic (exact) mass is 295 g/mol. The number of aliphatic hydroxyl groups is 1. The Morgan fingerprint density at radius 3 is 1.95 bits per heavy atom. The number of hydrogen-bond donors (Lipinski definition) is 1. The maximum Gasteiger partial charge on any atom is 0.119 e. The molecule has 0 aliphatic carbocycles. The van der Waals surface area contributed by atoms with Crippen LogP contribution in [-0.2, 0) is 0 Å². The van der Waals surface area contributed by atoms with E-state index in [0.29, 0.717) is 19.2 Å². The Bertz CT molecular complexity index is 376. The van der Waals surface area contributed by atoms with E-state index in [1.807, 2.05) is 31.2 Å². The van der Waals surface area contributed by atoms with Crippen molar-refractivity contribution in [3.63, 3.8) is 0 Å². The molecule has 0 saturated heterocycles. The van der Waals surface area contributed by atoms with Gasteiger partial charge in [0.1, 0.15) is 18.1 Å². The van der Waals surface area contributed by atoms with Crippen molar-refractivity contribution in [2.24, 2.45) is 0 Å². The average molecular weight is 295 g/mol. The lowest BCUT2D eigenvalue weighted by atomic mass is 10.2. The van der Waals surface area contributed by atoms with Gasteiger partial charge in [0.15, 0.2) is 0 Å². The first-order valence-corrected chi connectivity index (χ1v) is 7.80. The highest BCUT2D eigenvalue weighted by Gasteiger charge is 2.11. The largest absolute Gasteiger partial charge is 0.494 e. The van der Waals surface area contributed by atoms with Gasteiger partial charge in [-0.25, -0.2) is 0 Å². The van der Waals surface area contributed by atoms with Gasteiger partial charge in [0.2, 0.25) is 0 Å². The molecular formula is C17H29NO3. The zero-order chi connectivity index (χ0) is 15.7. The van der Waals surface area contributed by atoms with E-state index in [1.165, 1.54) is 0 Å². The molecule has 0 saturated carbocycles. The second-order valence-electron chi connectivity index (χ2n) is 5.61. The third-order valence-electron chi connectivity index (χ3n) is 3.17. The normalized spacial score (nSPS) is 12.7. The van der Waals surface area contributed by atoms with Gasteiger partial charge in [-0.2, -0.15) is 0 Å². The molecule has 120 valence electrons. The van der Waals surface area contributed by atoms with Gasteiger partial charge in [-0.05, 0) is 51.5 Å². The zero-order valence-corrected chi connectivity index (χ0v) is 13.7. The average Bonchev–Trinajstić information content (AvgIpc) is 2.44. The highest BCUT2D eigenvalue weighted by Crippen LogP contribution is 2.17. The van der Waals surface area contributed by atoms with Crippen molar-refractivity contribution in [2.45, 2.75) is 46.3 Å². The van der Waals surface area contributed by atoms with E-state index in [2.05, 4.69) is 25.7 Å². The molecule has 0 aliphatic heterocycles. The fourth-order valence-electron chi connectivity index (χ4n) is 2.03. The van der Waals surface area contributed by atoms with Gasteiger partial charge in [0.25, 0.3) is 0 Å². The molecule has 1 atom stereocenters. The van der Waals surface area contributed by atoms with E-state index >= 15 is 0 Å². The van der Waals surface area contributed by atoms with Crippen LogP contribution in [0.15, 0.2) is 24.3 Å². The van der Waals surface area contributed by atoms with Crippen molar-refractivity contribution in [2.75, 3.05) is 26.3 Å². The first-order chi connectivity index (χ1) is 10.0. The van der Waals surface area contributed by atoms with Crippen molar-refractivity contribution in [1.29, 1.82) is 0 Å². The quantitative estimate of drug-likeness (QED) is 0.720. The van der Waals surface area contributed by atoms with E-state index < -0.39 is 0 Å². The lowest BCUT2D eigenvalue weighted by Gasteiger charge is -2.27. The minimum Gasteiger partial charge on any atom is -0.494 e. The van der Waals surface area contributed by atoms with Crippen LogP contribution in [0.4, 0.5) is 0 Å². The maximum atomic E-state index is 9.49. The van der Waals surface area contributed by atoms with Crippen molar-refractivity contribution in [3.8, 4) is 11.5 Å². The Hall–Kier alpha value is -1.26. The molecule has 1 rings (SSSR count). The number of aliphatic hydroxyl groups excluding tert-OH is 1. The van der Waals surface area contributed by atoms with Crippen molar-refractivity contribution in [1.82, 2.24) is 4.90 Å². The Balaban J connectivity index is 2.36. The molecule has 4 nitrogen and oxygen atoms in total. The van der Waals surface area contributed by atoms with Gasteiger partial charge in [-0.1, -0.05) is 6.92 Å². The highest BCUT2D eigenvalue weighted by molar-refractivity contribution is 5.31. The molecule has 4 heteroatoms. The summed E-state index contributed by atoms with van der Waals surface area (Å²) in [6, 6.07) is 8.12. The summed E-state index contributed by atoms with van der Waals surface area (Å²) in [6.07, 6.45) is 0.689. The summed E-state index contributed by atoms with van der Waals surface area (Å²) in [4.78, 5) is 2.21. The van der Waals surface area contributed by atoms with Crippen molar-refractivity contribution < 1.29 is 14.6 Å². The summed E-state index contributed by atoms with van der Waals surface area (Å²) < 4.78 is 11.3. The van der Waals surface area contributed by atoms with Crippen LogP contribution in [0.1, 0.15) is 34.1 Å². The van der Waals surface area contributed by atoms with Crippen LogP contribution in [0.3, 0.4) is 0 Å². The maximum absolute atomic E-state index is 9.49. The van der Waals surface area contributed by atoms with Gasteiger partial charge >= 0.3 is 0 Å². The van der Waals surface area contributed by atoms with Crippen LogP contribution in [0.25, 0.3) is 0 Å². The van der Waals surface area contributed by atoms with Gasteiger partial charge in [0.05, 0.1) is 12.7 Å². The summed E-state index contributed by atoms with van der Waals surface area (Å²) in [5.74, 6) is 1.72. The third-order valence-corrected chi connectivity index (χ3v) is 3.17. The predicted molar refractivity (Wildman–Crippen MR) is 86.1 cm³/mol. The summed E-state index contributed by atoms with van der Waals surface area (Å²) in [7, 11) is 0. The van der Waals surface area contributed by atoms with Gasteiger partial charge in [-0.3, -0.25) is 4.90 Å². The minimum absolute atomic E-state index is 0.317. The molecule has 1 N–H and O–H groups in total. The molecule has 0 aromatic heterocycles. The molecule has 0 aliphatic rings. The fraction of sp³-hybridized carbons (Fsp3) is 0.647. The van der Waals surface area contributed by atoms with Crippen LogP contribution in [0, 0.1) is 0 Å². The first-order valence-electron chi connectivity index (χ1n) is 7.80. The second kappa shape index (κ2) is 9.64. The summed E-state index contributed by atoms with van der Waals surface area (Å²) >= 11 is 0. The van der Waals surface area contributed by atoms with Crippen LogP contribution in [-0.4, -0.2) is 48.5 Å². The second-order valence-corrected chi connectivity index (χ2v) is 5.61. The molecule has 0 heterocycles. The van der Waals surface area contributed by atoms with E-state index in [4.69, 9.17) is 9.47 Å². The Morgan fingerprint density at radius 2 is 1.52 bits per heavy atom. The van der Waals surface area contributed by atoms with E-state index in [0.717, 1.165) is 31.1 Å². The molecule has 0 fully saturated rings. The van der Waals surface area contributed by atoms with Crippen LogP contribution in [0.5, 0.6) is 11.5 Å². The SMILES string of the molecule is CCCOc1ccc(OCCN(CC(C)O)C(C)C)cc1. The number of benzene rings is 1. The topological polar surface area (TPSA) is 41.9 Å². The molecule has 0 spiro atoms. The smallest absolute Gasteiger partial charge is 0.119 e. The van der Waals surface area contributed by atoms with E-state index in [1.54, 1.807) is 0 Å². The molecule has 0 radical (unpaired) electrons. The Kier molecular flexibility index (Phi) is 8.16. The molecule has 21 heavy (non-hydrogen) atoms. The Morgan fingerprint density at radius 1 is 1.00 bits per heavy atom. The molecule has 1 aromatic carbocycles. The molecule has 0 amide bonds. The summed E-state index contributed by atoms with van der Waals surface area (Å²) in [5.41, 5.74) is 0. The van der Waals surface area contributed by atoms with Crippen LogP contribution < -0.4 is 9.47 Å². The molecule has 0 bridgehead atoms. The van der Waals surface area contributed by atoms with E-state index in [9.17, 15) is 5.11 Å². The van der Waals surface area contributed by atoms with Crippen LogP contribution in [0.2, 0.25) is 0 Å². The number of nitrogens with zero attached hydrogens (tertiary/aromatic N) is 1.